The largest absolute Gasteiger partial charge is 0.462 e. The number of rotatable bonds is 16. The highest BCUT2D eigenvalue weighted by atomic mass is 16.9. The fourth-order valence-electron chi connectivity index (χ4n) is 6.35. The third-order valence-corrected chi connectivity index (χ3v) is 8.68. The van der Waals surface area contributed by atoms with E-state index in [0.717, 1.165) is 24.8 Å². The lowest BCUT2D eigenvalue weighted by atomic mass is 9.81. The maximum absolute atomic E-state index is 14.1. The van der Waals surface area contributed by atoms with Crippen molar-refractivity contribution in [2.45, 2.75) is 82.9 Å². The number of benzene rings is 2. The number of esters is 2. The van der Waals surface area contributed by atoms with Crippen LogP contribution in [0.3, 0.4) is 0 Å². The van der Waals surface area contributed by atoms with Crippen LogP contribution < -0.4 is 11.1 Å². The number of hydrogen-bond donors (Lipinski definition) is 2. The van der Waals surface area contributed by atoms with Gasteiger partial charge in [0.1, 0.15) is 11.9 Å². The number of unbranched alkanes of at least 4 members (excludes halogenated alkanes) is 3. The Kier molecular flexibility index (Phi) is 12.9. The lowest BCUT2D eigenvalue weighted by molar-refractivity contribution is -0.757. The third-order valence-electron chi connectivity index (χ3n) is 8.68. The first-order valence-electron chi connectivity index (χ1n) is 16.2. The van der Waals surface area contributed by atoms with Gasteiger partial charge in [-0.25, -0.2) is 9.59 Å². The summed E-state index contributed by atoms with van der Waals surface area (Å²) in [5, 5.41) is 24.1. The van der Waals surface area contributed by atoms with E-state index in [9.17, 15) is 29.8 Å². The van der Waals surface area contributed by atoms with Gasteiger partial charge in [-0.2, -0.15) is 0 Å². The number of ether oxygens (including phenoxy) is 2. The molecule has 1 saturated carbocycles. The monoisotopic (exact) mass is 665 g/mol. The quantitative estimate of drug-likeness (QED) is 0.106. The standard InChI is InChI=1S/C34H43N5O9/c1-23-29(33(40)46-19-10-3-4-11-20-47-39(44)45)30(25-15-12-16-26(21-25)38(42)43)31(32(35)36-23)34(41)48-28-18-9-8-17-27(28)37(2)22-24-13-6-5-7-14-24/h5-7,12-16,21,27-28,30,36H,3-4,8-11,17-20,22,35H2,1-2H3. The van der Waals surface area contributed by atoms with Crippen molar-refractivity contribution in [1.82, 2.24) is 10.2 Å². The molecule has 0 spiro atoms. The van der Waals surface area contributed by atoms with Gasteiger partial charge in [0.25, 0.3) is 10.8 Å². The maximum Gasteiger partial charge on any atom is 0.339 e. The third kappa shape index (κ3) is 9.53. The average Bonchev–Trinajstić information content (AvgIpc) is 3.06. The Morgan fingerprint density at radius 1 is 0.938 bits per heavy atom. The van der Waals surface area contributed by atoms with E-state index in [4.69, 9.17) is 15.2 Å². The minimum absolute atomic E-state index is 0.00695. The summed E-state index contributed by atoms with van der Waals surface area (Å²) in [4.78, 5) is 55.7. The van der Waals surface area contributed by atoms with E-state index in [1.807, 2.05) is 37.4 Å². The van der Waals surface area contributed by atoms with Gasteiger partial charge in [0.15, 0.2) is 0 Å². The second-order valence-corrected chi connectivity index (χ2v) is 12.1. The Hall–Kier alpha value is -4.98. The fourth-order valence-corrected chi connectivity index (χ4v) is 6.35. The molecule has 1 fully saturated rings. The van der Waals surface area contributed by atoms with Crippen LogP contribution in [-0.2, 0) is 30.4 Å². The van der Waals surface area contributed by atoms with Crippen LogP contribution in [0.25, 0.3) is 0 Å². The van der Waals surface area contributed by atoms with E-state index in [1.165, 1.54) is 18.2 Å². The van der Waals surface area contributed by atoms with Gasteiger partial charge in [-0.15, -0.1) is 10.1 Å². The highest BCUT2D eigenvalue weighted by Crippen LogP contribution is 2.40. The Morgan fingerprint density at radius 3 is 2.35 bits per heavy atom. The molecule has 1 aliphatic heterocycles. The topological polar surface area (TPSA) is 189 Å². The number of nitro benzene ring substituents is 1. The van der Waals surface area contributed by atoms with Crippen LogP contribution >= 0.6 is 0 Å². The number of nitrogens with two attached hydrogens (primary N) is 1. The van der Waals surface area contributed by atoms with Crippen molar-refractivity contribution in [3.63, 3.8) is 0 Å². The molecular formula is C34H43N5O9. The molecule has 4 rings (SSSR count). The van der Waals surface area contributed by atoms with Crippen molar-refractivity contribution < 1.29 is 33.9 Å². The lowest BCUT2D eigenvalue weighted by Gasteiger charge is -2.38. The number of allylic oxidation sites excluding steroid dienone is 1. The molecule has 1 aliphatic carbocycles. The molecule has 0 amide bonds. The zero-order chi connectivity index (χ0) is 34.6. The molecule has 2 aromatic rings. The molecule has 48 heavy (non-hydrogen) atoms. The van der Waals surface area contributed by atoms with Crippen LogP contribution in [0.1, 0.15) is 75.3 Å². The molecular weight excluding hydrogens is 622 g/mol. The summed E-state index contributed by atoms with van der Waals surface area (Å²) in [6, 6.07) is 15.7. The van der Waals surface area contributed by atoms with E-state index >= 15 is 0 Å². The number of carbonyl (C=O) groups is 2. The number of likely N-dealkylation sites (N-methyl/N-ethyl adjacent to an activating group) is 1. The minimum Gasteiger partial charge on any atom is -0.462 e. The molecule has 2 aliphatic rings. The molecule has 0 saturated heterocycles. The number of non-ortho nitro benzene ring substituents is 1. The van der Waals surface area contributed by atoms with Crippen LogP contribution in [0.4, 0.5) is 5.69 Å². The normalized spacial score (nSPS) is 19.4. The van der Waals surface area contributed by atoms with Crippen molar-refractivity contribution in [2.75, 3.05) is 20.3 Å². The smallest absolute Gasteiger partial charge is 0.339 e. The molecule has 3 unspecified atom stereocenters. The number of nitrogens with one attached hydrogen (secondary N) is 1. The van der Waals surface area contributed by atoms with Gasteiger partial charge >= 0.3 is 11.9 Å². The zero-order valence-corrected chi connectivity index (χ0v) is 27.3. The van der Waals surface area contributed by atoms with Crippen molar-refractivity contribution in [3.05, 3.63) is 109 Å². The first-order chi connectivity index (χ1) is 23.1. The molecule has 0 bridgehead atoms. The number of dihydropyridines is 1. The summed E-state index contributed by atoms with van der Waals surface area (Å²) in [6.45, 7) is 2.35. The van der Waals surface area contributed by atoms with Crippen molar-refractivity contribution in [3.8, 4) is 0 Å². The van der Waals surface area contributed by atoms with Gasteiger partial charge in [0, 0.05) is 30.4 Å². The van der Waals surface area contributed by atoms with Gasteiger partial charge in [-0.05, 0) is 63.6 Å². The Bertz CT molecular complexity index is 1530. The molecule has 3 N–H and O–H groups in total. The highest BCUT2D eigenvalue weighted by molar-refractivity contribution is 6.00. The van der Waals surface area contributed by atoms with E-state index in [-0.39, 0.29) is 41.9 Å². The molecule has 258 valence electrons. The highest BCUT2D eigenvalue weighted by Gasteiger charge is 2.41. The number of carbonyl (C=O) groups excluding carboxylic acids is 2. The van der Waals surface area contributed by atoms with E-state index in [1.54, 1.807) is 13.0 Å². The molecule has 3 atom stereocenters. The number of nitro groups is 1. The van der Waals surface area contributed by atoms with Crippen LogP contribution in [0.5, 0.6) is 0 Å². The zero-order valence-electron chi connectivity index (χ0n) is 27.3. The molecule has 1 heterocycles. The van der Waals surface area contributed by atoms with Gasteiger partial charge in [0.2, 0.25) is 0 Å². The van der Waals surface area contributed by atoms with E-state index in [0.29, 0.717) is 49.9 Å². The van der Waals surface area contributed by atoms with Crippen LogP contribution in [0, 0.1) is 20.2 Å². The predicted molar refractivity (Wildman–Crippen MR) is 175 cm³/mol. The van der Waals surface area contributed by atoms with E-state index in [2.05, 4.69) is 15.1 Å². The first-order valence-corrected chi connectivity index (χ1v) is 16.2. The number of hydrogen-bond acceptors (Lipinski definition) is 12. The van der Waals surface area contributed by atoms with Crippen LogP contribution in [0.15, 0.2) is 77.3 Å². The fraction of sp³-hybridized carbons (Fsp3) is 0.471. The van der Waals surface area contributed by atoms with Crippen molar-refractivity contribution in [1.29, 1.82) is 0 Å². The SMILES string of the molecule is CC1=C(C(=O)OCCCCCCO[N+](=O)[O-])C(c2cccc([N+](=O)[O-])c2)C(C(=O)OC2CCCCC2N(C)Cc2ccccc2)=C(N)N1. The van der Waals surface area contributed by atoms with Crippen LogP contribution in [0.2, 0.25) is 0 Å². The second kappa shape index (κ2) is 17.3. The summed E-state index contributed by atoms with van der Waals surface area (Å²) in [6.07, 6.45) is 5.19. The van der Waals surface area contributed by atoms with Gasteiger partial charge in [-0.3, -0.25) is 15.0 Å². The van der Waals surface area contributed by atoms with Gasteiger partial charge in [0.05, 0.1) is 35.2 Å². The summed E-state index contributed by atoms with van der Waals surface area (Å²) < 4.78 is 11.8. The predicted octanol–water partition coefficient (Wildman–Crippen LogP) is 5.02. The second-order valence-electron chi connectivity index (χ2n) is 12.1. The molecule has 14 nitrogen and oxygen atoms in total. The van der Waals surface area contributed by atoms with Gasteiger partial charge in [-0.1, -0.05) is 55.3 Å². The molecule has 2 aromatic carbocycles. The van der Waals surface area contributed by atoms with Crippen LogP contribution in [-0.4, -0.2) is 59.3 Å². The summed E-state index contributed by atoms with van der Waals surface area (Å²) in [5.74, 6) is -2.51. The van der Waals surface area contributed by atoms with Gasteiger partial charge < -0.3 is 25.4 Å². The first kappa shape index (κ1) is 35.9. The molecule has 14 heteroatoms. The Balaban J connectivity index is 1.55. The summed E-state index contributed by atoms with van der Waals surface area (Å²) in [7, 11) is 2.01. The van der Waals surface area contributed by atoms with E-state index < -0.39 is 34.0 Å². The summed E-state index contributed by atoms with van der Waals surface area (Å²) in [5.41, 5.74) is 8.11. The van der Waals surface area contributed by atoms with Crippen molar-refractivity contribution >= 4 is 17.6 Å². The molecule has 0 aromatic heterocycles. The average molecular weight is 666 g/mol. The summed E-state index contributed by atoms with van der Waals surface area (Å²) >= 11 is 0. The van der Waals surface area contributed by atoms with Crippen molar-refractivity contribution in [2.24, 2.45) is 5.73 Å². The lowest BCUT2D eigenvalue weighted by Crippen LogP contribution is -2.46. The minimum atomic E-state index is -1.09. The Morgan fingerprint density at radius 2 is 1.65 bits per heavy atom. The Labute approximate surface area is 279 Å². The molecule has 0 radical (unpaired) electrons. The maximum atomic E-state index is 14.1. The number of nitrogens with zero attached hydrogens (tertiary/aromatic N) is 3.